The van der Waals surface area contributed by atoms with Crippen molar-refractivity contribution in [2.45, 2.75) is 24.3 Å². The topological polar surface area (TPSA) is 92.8 Å². The number of hydrogen-bond acceptors (Lipinski definition) is 5. The third-order valence-electron chi connectivity index (χ3n) is 4.30. The number of carbonyl (C=O) groups is 2. The molecular formula is C20H23ClN2O5S. The van der Waals surface area contributed by atoms with E-state index in [1.807, 2.05) is 19.1 Å². The molecule has 1 unspecified atom stereocenters. The lowest BCUT2D eigenvalue weighted by Gasteiger charge is -2.21. The van der Waals surface area contributed by atoms with Crippen LogP contribution in [0.1, 0.15) is 23.6 Å². The SMILES string of the molecule is COC(=O)CC(NC(=O)CN(C)S(=O)(=O)c1ccc(Cl)cc1)c1ccc(C)cc1. The number of benzene rings is 2. The fraction of sp³-hybridized carbons (Fsp3) is 0.300. The summed E-state index contributed by atoms with van der Waals surface area (Å²) in [6, 6.07) is 12.4. The summed E-state index contributed by atoms with van der Waals surface area (Å²) in [4.78, 5) is 24.3. The number of methoxy groups -OCH3 is 1. The van der Waals surface area contributed by atoms with Crippen molar-refractivity contribution < 1.29 is 22.7 Å². The van der Waals surface area contributed by atoms with E-state index in [2.05, 4.69) is 5.32 Å². The molecule has 0 aromatic heterocycles. The number of hydrogen-bond donors (Lipinski definition) is 1. The van der Waals surface area contributed by atoms with Gasteiger partial charge in [0.15, 0.2) is 0 Å². The fourth-order valence-corrected chi connectivity index (χ4v) is 3.87. The van der Waals surface area contributed by atoms with E-state index in [0.717, 1.165) is 15.4 Å². The van der Waals surface area contributed by atoms with Gasteiger partial charge in [0.2, 0.25) is 15.9 Å². The van der Waals surface area contributed by atoms with Gasteiger partial charge >= 0.3 is 5.97 Å². The molecule has 9 heteroatoms. The largest absolute Gasteiger partial charge is 0.469 e. The highest BCUT2D eigenvalue weighted by Crippen LogP contribution is 2.20. The Morgan fingerprint density at radius 1 is 1.10 bits per heavy atom. The molecule has 2 aromatic carbocycles. The van der Waals surface area contributed by atoms with Gasteiger partial charge in [0.1, 0.15) is 0 Å². The molecule has 0 radical (unpaired) electrons. The molecule has 7 nitrogen and oxygen atoms in total. The maximum absolute atomic E-state index is 12.6. The Balaban J connectivity index is 2.13. The first-order chi connectivity index (χ1) is 13.6. The molecule has 0 saturated carbocycles. The maximum atomic E-state index is 12.6. The van der Waals surface area contributed by atoms with Gasteiger partial charge in [-0.2, -0.15) is 4.31 Å². The normalized spacial score (nSPS) is 12.4. The van der Waals surface area contributed by atoms with Gasteiger partial charge in [0, 0.05) is 12.1 Å². The highest BCUT2D eigenvalue weighted by molar-refractivity contribution is 7.89. The van der Waals surface area contributed by atoms with Crippen LogP contribution in [0.3, 0.4) is 0 Å². The van der Waals surface area contributed by atoms with Gasteiger partial charge < -0.3 is 10.1 Å². The van der Waals surface area contributed by atoms with Gasteiger partial charge in [-0.05, 0) is 36.8 Å². The lowest BCUT2D eigenvalue weighted by molar-refractivity contribution is -0.141. The number of likely N-dealkylation sites (N-methyl/N-ethyl adjacent to an activating group) is 1. The summed E-state index contributed by atoms with van der Waals surface area (Å²) in [5.74, 6) is -1.03. The van der Waals surface area contributed by atoms with Gasteiger partial charge in [0.05, 0.1) is 31.0 Å². The minimum atomic E-state index is -3.86. The van der Waals surface area contributed by atoms with E-state index < -0.39 is 34.5 Å². The fourth-order valence-electron chi connectivity index (χ4n) is 2.61. The van der Waals surface area contributed by atoms with Crippen LogP contribution in [-0.2, 0) is 24.3 Å². The number of aryl methyl sites for hydroxylation is 1. The number of rotatable bonds is 8. The summed E-state index contributed by atoms with van der Waals surface area (Å²) in [5.41, 5.74) is 1.75. The van der Waals surface area contributed by atoms with E-state index in [4.69, 9.17) is 16.3 Å². The highest BCUT2D eigenvalue weighted by Gasteiger charge is 2.25. The van der Waals surface area contributed by atoms with E-state index in [0.29, 0.717) is 5.02 Å². The third-order valence-corrected chi connectivity index (χ3v) is 6.37. The van der Waals surface area contributed by atoms with Gasteiger partial charge in [-0.3, -0.25) is 9.59 Å². The van der Waals surface area contributed by atoms with Crippen molar-refractivity contribution >= 4 is 33.5 Å². The Hall–Kier alpha value is -2.42. The Morgan fingerprint density at radius 2 is 1.69 bits per heavy atom. The van der Waals surface area contributed by atoms with Gasteiger partial charge in [-0.25, -0.2) is 8.42 Å². The Morgan fingerprint density at radius 3 is 2.24 bits per heavy atom. The van der Waals surface area contributed by atoms with Crippen LogP contribution in [0.25, 0.3) is 0 Å². The van der Waals surface area contributed by atoms with Crippen molar-refractivity contribution in [1.82, 2.24) is 9.62 Å². The molecule has 1 amide bonds. The van der Waals surface area contributed by atoms with E-state index in [-0.39, 0.29) is 11.3 Å². The molecule has 2 rings (SSSR count). The second-order valence-corrected chi connectivity index (χ2v) is 9.01. The molecule has 2 aromatic rings. The predicted octanol–water partition coefficient (Wildman–Crippen LogP) is 2.69. The van der Waals surface area contributed by atoms with Crippen LogP contribution in [0.15, 0.2) is 53.4 Å². The zero-order valence-corrected chi connectivity index (χ0v) is 18.0. The van der Waals surface area contributed by atoms with Gasteiger partial charge in [-0.15, -0.1) is 0 Å². The van der Waals surface area contributed by atoms with Gasteiger partial charge in [-0.1, -0.05) is 41.4 Å². The first-order valence-electron chi connectivity index (χ1n) is 8.78. The summed E-state index contributed by atoms with van der Waals surface area (Å²) in [6.07, 6.45) is -0.0705. The van der Waals surface area contributed by atoms with Crippen molar-refractivity contribution in [3.05, 3.63) is 64.7 Å². The van der Waals surface area contributed by atoms with Crippen molar-refractivity contribution in [1.29, 1.82) is 0 Å². The molecule has 29 heavy (non-hydrogen) atoms. The van der Waals surface area contributed by atoms with Crippen LogP contribution in [0.2, 0.25) is 5.02 Å². The highest BCUT2D eigenvalue weighted by atomic mass is 35.5. The zero-order chi connectivity index (χ0) is 21.6. The average molecular weight is 439 g/mol. The number of halogens is 1. The standard InChI is InChI=1S/C20H23ClN2O5S/c1-14-4-6-15(7-5-14)18(12-20(25)28-3)22-19(24)13-23(2)29(26,27)17-10-8-16(21)9-11-17/h4-11,18H,12-13H2,1-3H3,(H,22,24). The molecule has 0 spiro atoms. The molecule has 0 bridgehead atoms. The molecule has 1 atom stereocenters. The number of carbonyl (C=O) groups excluding carboxylic acids is 2. The third kappa shape index (κ3) is 6.28. The van der Waals surface area contributed by atoms with Crippen molar-refractivity contribution in [3.63, 3.8) is 0 Å². The summed E-state index contributed by atoms with van der Waals surface area (Å²) in [6.45, 7) is 1.52. The number of sulfonamides is 1. The number of nitrogens with one attached hydrogen (secondary N) is 1. The van der Waals surface area contributed by atoms with Crippen LogP contribution < -0.4 is 5.32 Å². The predicted molar refractivity (Wildman–Crippen MR) is 110 cm³/mol. The van der Waals surface area contributed by atoms with Crippen LogP contribution in [0.4, 0.5) is 0 Å². The van der Waals surface area contributed by atoms with Crippen LogP contribution in [0, 0.1) is 6.92 Å². The molecule has 0 aliphatic rings. The number of ether oxygens (including phenoxy) is 1. The number of amides is 1. The lowest BCUT2D eigenvalue weighted by atomic mass is 10.0. The van der Waals surface area contributed by atoms with E-state index in [9.17, 15) is 18.0 Å². The molecule has 0 heterocycles. The van der Waals surface area contributed by atoms with E-state index in [1.165, 1.54) is 38.4 Å². The van der Waals surface area contributed by atoms with E-state index >= 15 is 0 Å². The minimum absolute atomic E-state index is 0.0295. The molecule has 156 valence electrons. The molecule has 0 fully saturated rings. The van der Waals surface area contributed by atoms with Gasteiger partial charge in [0.25, 0.3) is 0 Å². The van der Waals surface area contributed by atoms with Crippen LogP contribution in [-0.4, -0.2) is 45.3 Å². The summed E-state index contributed by atoms with van der Waals surface area (Å²) < 4.78 is 30.9. The second-order valence-electron chi connectivity index (χ2n) is 6.53. The van der Waals surface area contributed by atoms with Crippen molar-refractivity contribution in [2.24, 2.45) is 0 Å². The smallest absolute Gasteiger partial charge is 0.307 e. The summed E-state index contributed by atoms with van der Waals surface area (Å²) in [7, 11) is -1.29. The molecule has 0 aliphatic heterocycles. The van der Waals surface area contributed by atoms with Crippen molar-refractivity contribution in [3.8, 4) is 0 Å². The zero-order valence-electron chi connectivity index (χ0n) is 16.4. The first-order valence-corrected chi connectivity index (χ1v) is 10.6. The Labute approximate surface area is 175 Å². The summed E-state index contributed by atoms with van der Waals surface area (Å²) in [5, 5.41) is 3.12. The molecule has 0 aliphatic carbocycles. The monoisotopic (exact) mass is 438 g/mol. The maximum Gasteiger partial charge on any atom is 0.307 e. The minimum Gasteiger partial charge on any atom is -0.469 e. The molecule has 0 saturated heterocycles. The van der Waals surface area contributed by atoms with Crippen molar-refractivity contribution in [2.75, 3.05) is 20.7 Å². The number of nitrogens with zero attached hydrogens (tertiary/aromatic N) is 1. The molecule has 1 N–H and O–H groups in total. The second kappa shape index (κ2) is 9.87. The first kappa shape index (κ1) is 22.9. The Kier molecular flexibility index (Phi) is 7.78. The van der Waals surface area contributed by atoms with E-state index in [1.54, 1.807) is 12.1 Å². The summed E-state index contributed by atoms with van der Waals surface area (Å²) >= 11 is 5.79. The number of esters is 1. The Bertz CT molecular complexity index is 959. The van der Waals surface area contributed by atoms with Crippen LogP contribution in [0.5, 0.6) is 0 Å². The quantitative estimate of drug-likeness (QED) is 0.639. The molecular weight excluding hydrogens is 416 g/mol. The van der Waals surface area contributed by atoms with Crippen LogP contribution >= 0.6 is 11.6 Å². The lowest BCUT2D eigenvalue weighted by Crippen LogP contribution is -2.40. The average Bonchev–Trinajstić information content (AvgIpc) is 2.68.